The molecule has 0 spiro atoms. The first-order valence-corrected chi connectivity index (χ1v) is 38.4. The van der Waals surface area contributed by atoms with Crippen LogP contribution in [0.3, 0.4) is 0 Å². The van der Waals surface area contributed by atoms with Crippen molar-refractivity contribution >= 4 is 106 Å². The Morgan fingerprint density at radius 3 is 1.34 bits per heavy atom. The van der Waals surface area contributed by atoms with Crippen LogP contribution in [0, 0.1) is 17.8 Å². The fraction of sp³-hybridized carbons (Fsp3) is 0.600. The van der Waals surface area contributed by atoms with Crippen molar-refractivity contribution in [2.24, 2.45) is 40.7 Å². The molecule has 28 N–H and O–H groups in total. The molecule has 1 aliphatic heterocycles. The lowest BCUT2D eigenvalue weighted by molar-refractivity contribution is -0.143. The highest BCUT2D eigenvalue weighted by Crippen LogP contribution is 2.22. The summed E-state index contributed by atoms with van der Waals surface area (Å²) < 4.78 is 0. The van der Waals surface area contributed by atoms with Crippen LogP contribution in [0.5, 0.6) is 11.5 Å². The summed E-state index contributed by atoms with van der Waals surface area (Å²) in [6.45, 7) is 13.3. The number of nitrogens with zero attached hydrogens (tertiary/aromatic N) is 1. The van der Waals surface area contributed by atoms with Crippen LogP contribution in [0.15, 0.2) is 48.5 Å². The minimum absolute atomic E-state index is 0.00600. The van der Waals surface area contributed by atoms with Crippen LogP contribution in [-0.4, -0.2) is 270 Å². The Morgan fingerprint density at radius 1 is 0.449 bits per heavy atom. The van der Waals surface area contributed by atoms with Gasteiger partial charge in [0.2, 0.25) is 94.5 Å². The van der Waals surface area contributed by atoms with E-state index in [1.54, 1.807) is 27.7 Å². The van der Waals surface area contributed by atoms with Crippen molar-refractivity contribution < 1.29 is 122 Å². The maximum atomic E-state index is 14.6. The van der Waals surface area contributed by atoms with E-state index in [0.717, 1.165) is 25.7 Å². The number of hydrogen-bond acceptors (Lipinski definition) is 25. The van der Waals surface area contributed by atoms with E-state index in [1.165, 1.54) is 69.3 Å². The zero-order valence-corrected chi connectivity index (χ0v) is 67.5. The first kappa shape index (κ1) is 100. The van der Waals surface area contributed by atoms with Crippen LogP contribution >= 0.6 is 0 Å². The molecular formula is C75H116N18O25. The minimum Gasteiger partial charge on any atom is -0.508 e. The molecule has 0 aromatic heterocycles. The van der Waals surface area contributed by atoms with Crippen LogP contribution in [0.4, 0.5) is 0 Å². The second kappa shape index (κ2) is 48.7. The highest BCUT2D eigenvalue weighted by Gasteiger charge is 2.43. The lowest BCUT2D eigenvalue weighted by Crippen LogP contribution is -2.62. The summed E-state index contributed by atoms with van der Waals surface area (Å²) in [6.07, 6.45) is -7.59. The number of aromatic hydroxyl groups is 2. The lowest BCUT2D eigenvalue weighted by atomic mass is 9.99. The molecule has 0 unspecified atom stereocenters. The van der Waals surface area contributed by atoms with Crippen molar-refractivity contribution in [2.75, 3.05) is 19.6 Å². The van der Waals surface area contributed by atoms with E-state index in [1.807, 2.05) is 0 Å². The summed E-state index contributed by atoms with van der Waals surface area (Å²) in [6, 6.07) is -12.1. The van der Waals surface area contributed by atoms with Crippen molar-refractivity contribution in [3.8, 4) is 11.5 Å². The molecule has 16 amide bonds. The number of carboxylic acids is 2. The smallest absolute Gasteiger partial charge is 0.326 e. The van der Waals surface area contributed by atoms with Crippen LogP contribution in [0.25, 0.3) is 0 Å². The number of carbonyl (C=O) groups is 18. The number of unbranched alkanes of at least 4 members (excludes halogenated alkanes) is 1. The van der Waals surface area contributed by atoms with Gasteiger partial charge in [-0.15, -0.1) is 0 Å². The van der Waals surface area contributed by atoms with Gasteiger partial charge in [0, 0.05) is 25.8 Å². The fourth-order valence-electron chi connectivity index (χ4n) is 12.1. The van der Waals surface area contributed by atoms with Crippen LogP contribution < -0.4 is 92.1 Å². The average Bonchev–Trinajstić information content (AvgIpc) is 1.64. The molecule has 2 aromatic carbocycles. The molecular weight excluding hydrogens is 1550 g/mol. The normalized spacial score (nSPS) is 16.6. The zero-order chi connectivity index (χ0) is 89.3. The van der Waals surface area contributed by atoms with Gasteiger partial charge < -0.3 is 133 Å². The largest absolute Gasteiger partial charge is 0.508 e. The number of aliphatic carboxylic acids is 2. The highest BCUT2D eigenvalue weighted by atomic mass is 16.4. The first-order valence-electron chi connectivity index (χ1n) is 38.4. The van der Waals surface area contributed by atoms with Gasteiger partial charge in [-0.2, -0.15) is 0 Å². The number of aliphatic hydroxyl groups is 3. The Balaban J connectivity index is 1.83. The molecule has 2 aromatic rings. The topological polar surface area (TPSA) is 713 Å². The molecule has 17 atom stereocenters. The van der Waals surface area contributed by atoms with Crippen LogP contribution in [0.2, 0.25) is 0 Å². The van der Waals surface area contributed by atoms with E-state index in [4.69, 9.17) is 22.9 Å². The standard InChI is InChI=1S/C75H116N18O25/c1-34(2)28-47(87-71(113)59(36(5)6)90-67(109)51(32-56(102)103)85-65(107)48(29-41-16-20-43(97)21-17-41)84-66(108)49(30-42-18-22-44(98)23-19-42)88-73(115)61(40(10)96)92-69(111)57(79)38(8)94)63(105)80-33-55(101)89-58(35(3)4)70(112)82-45(14-11-12-26-76)74(116)93-27-13-15-52(93)68(110)86-50(31-54(78)100)64(106)81-37(7)62(104)91-60(39(9)95)72(114)83-46(75(117)118)24-25-53(77)99/h16-23,34-40,45-52,57-61,94-98H,11-15,24-33,76,79H2,1-10H3,(H2,77,99)(H2,78,100)(H,80,105)(H,81,106)(H,82,112)(H,83,114)(H,84,108)(H,85,107)(H,86,110)(H,87,113)(H,88,115)(H,89,101)(H,90,109)(H,91,104)(H,92,111)(H,102,103)(H,117,118)/t37-,38+,39+,40+,45-,46-,47-,48-,49-,50-,51-,52-,57-,58-,59-,60-,61-/m0/s1. The Morgan fingerprint density at radius 2 is 0.881 bits per heavy atom. The summed E-state index contributed by atoms with van der Waals surface area (Å²) in [5, 5.41) is 102. The molecule has 1 saturated heterocycles. The van der Waals surface area contributed by atoms with Gasteiger partial charge in [-0.25, -0.2) is 4.79 Å². The number of carboxylic acid groups (broad SMARTS) is 2. The maximum absolute atomic E-state index is 14.6. The third-order valence-corrected chi connectivity index (χ3v) is 18.7. The third kappa shape index (κ3) is 33.9. The first-order chi connectivity index (χ1) is 55.2. The van der Waals surface area contributed by atoms with E-state index in [-0.39, 0.29) is 74.6 Å². The highest BCUT2D eigenvalue weighted by molar-refractivity contribution is 6.01. The van der Waals surface area contributed by atoms with Gasteiger partial charge in [0.1, 0.15) is 96.1 Å². The van der Waals surface area contributed by atoms with Crippen molar-refractivity contribution in [1.82, 2.24) is 74.0 Å². The molecule has 43 heteroatoms. The zero-order valence-electron chi connectivity index (χ0n) is 67.5. The SMILES string of the molecule is CC(C)C[C@H](NC(=O)[C@@H](NC(=O)[C@H](CC(=O)O)NC(=O)[C@H](Cc1ccc(O)cc1)NC(=O)[C@H](Cc1ccc(O)cc1)NC(=O)[C@@H](NC(=O)[C@@H](N)[C@@H](C)O)[C@@H](C)O)C(C)C)C(=O)NCC(=O)N[C@H](C(=O)N[C@@H](CCCCN)C(=O)N1CCC[C@H]1C(=O)N[C@@H](CC(N)=O)C(=O)N[C@@H](C)C(=O)N[C@H](C(=O)N[C@@H](CCC(N)=O)C(=O)O)[C@@H](C)O)C(C)C. The number of aliphatic hydroxyl groups excluding tert-OH is 3. The summed E-state index contributed by atoms with van der Waals surface area (Å²) in [7, 11) is 0. The van der Waals surface area contributed by atoms with Gasteiger partial charge in [0.15, 0.2) is 0 Å². The minimum atomic E-state index is -2.01. The Kier molecular flexibility index (Phi) is 41.5. The number of rotatable bonds is 50. The van der Waals surface area contributed by atoms with Crippen molar-refractivity contribution in [3.05, 3.63) is 59.7 Å². The van der Waals surface area contributed by atoms with Gasteiger partial charge in [-0.1, -0.05) is 65.8 Å². The Hall–Kier alpha value is -11.7. The Bertz CT molecular complexity index is 3850. The monoisotopic (exact) mass is 1670 g/mol. The van der Waals surface area contributed by atoms with Crippen LogP contribution in [0.1, 0.15) is 145 Å². The predicted molar refractivity (Wildman–Crippen MR) is 417 cm³/mol. The fourth-order valence-corrected chi connectivity index (χ4v) is 12.1. The third-order valence-electron chi connectivity index (χ3n) is 18.7. The van der Waals surface area contributed by atoms with Crippen molar-refractivity contribution in [2.45, 2.75) is 249 Å². The van der Waals surface area contributed by atoms with Gasteiger partial charge in [-0.05, 0) is 132 Å². The van der Waals surface area contributed by atoms with E-state index in [2.05, 4.69) is 69.1 Å². The number of phenols is 2. The predicted octanol–water partition coefficient (Wildman–Crippen LogP) is -7.52. The van der Waals surface area contributed by atoms with E-state index in [9.17, 15) is 122 Å². The molecule has 0 aliphatic carbocycles. The molecule has 1 aliphatic rings. The molecule has 0 saturated carbocycles. The number of amides is 16. The number of likely N-dealkylation sites (tertiary alicyclic amines) is 1. The molecule has 0 radical (unpaired) electrons. The van der Waals surface area contributed by atoms with Gasteiger partial charge in [0.05, 0.1) is 37.7 Å². The second-order valence-electron chi connectivity index (χ2n) is 30.1. The van der Waals surface area contributed by atoms with Crippen molar-refractivity contribution in [3.63, 3.8) is 0 Å². The summed E-state index contributed by atoms with van der Waals surface area (Å²) >= 11 is 0. The number of carbonyl (C=O) groups excluding carboxylic acids is 16. The van der Waals surface area contributed by atoms with E-state index >= 15 is 0 Å². The van der Waals surface area contributed by atoms with Gasteiger partial charge in [-0.3, -0.25) is 81.5 Å². The summed E-state index contributed by atoms with van der Waals surface area (Å²) in [5.41, 5.74) is 22.7. The maximum Gasteiger partial charge on any atom is 0.326 e. The number of benzene rings is 2. The number of nitrogens with one attached hydrogen (secondary N) is 13. The van der Waals surface area contributed by atoms with E-state index < -0.39 is 260 Å². The number of phenolic OH excluding ortho intramolecular Hbond substituents is 2. The number of nitrogens with two attached hydrogens (primary N) is 4. The van der Waals surface area contributed by atoms with E-state index in [0.29, 0.717) is 12.0 Å². The number of hydrogen-bond donors (Lipinski definition) is 24. The molecule has 3 rings (SSSR count). The molecule has 1 heterocycles. The molecule has 1 fully saturated rings. The van der Waals surface area contributed by atoms with Crippen LogP contribution in [-0.2, 0) is 99.1 Å². The molecule has 118 heavy (non-hydrogen) atoms. The quantitative estimate of drug-likeness (QED) is 0.0274. The Labute approximate surface area is 680 Å². The summed E-state index contributed by atoms with van der Waals surface area (Å²) in [5.74, 6) is -22.1. The van der Waals surface area contributed by atoms with Crippen molar-refractivity contribution in [1.29, 1.82) is 0 Å². The van der Waals surface area contributed by atoms with Gasteiger partial charge in [0.25, 0.3) is 0 Å². The average molecular weight is 1670 g/mol. The van der Waals surface area contributed by atoms with Gasteiger partial charge >= 0.3 is 11.9 Å². The molecule has 0 bridgehead atoms. The summed E-state index contributed by atoms with van der Waals surface area (Å²) in [4.78, 5) is 244. The molecule has 43 nitrogen and oxygen atoms in total. The second-order valence-corrected chi connectivity index (χ2v) is 30.1. The molecule has 656 valence electrons. The number of primary amides is 2. The lowest BCUT2D eigenvalue weighted by Gasteiger charge is -2.31.